The quantitative estimate of drug-likeness (QED) is 0.599. The number of unbranched alkanes of at least 4 members (excludes halogenated alkanes) is 2. The topological polar surface area (TPSA) is 51.8 Å². The number of aryl methyl sites for hydroxylation is 1. The minimum atomic E-state index is 0.219. The van der Waals surface area contributed by atoms with Crippen molar-refractivity contribution in [1.29, 1.82) is 0 Å². The molecule has 72 valence electrons. The molecule has 1 aromatic heterocycles. The molecule has 1 aromatic rings. The molecule has 0 aliphatic carbocycles. The monoisotopic (exact) mass is 199 g/mol. The zero-order valence-corrected chi connectivity index (χ0v) is 8.51. The van der Waals surface area contributed by atoms with Gasteiger partial charge in [0.1, 0.15) is 5.82 Å². The molecule has 0 aromatic carbocycles. The molecule has 0 atom stereocenters. The summed E-state index contributed by atoms with van der Waals surface area (Å²) in [5, 5.41) is 0.219. The van der Waals surface area contributed by atoms with E-state index in [0.717, 1.165) is 18.4 Å². The molecule has 4 heteroatoms. The lowest BCUT2D eigenvalue weighted by Gasteiger charge is -2.02. The van der Waals surface area contributed by atoms with Gasteiger partial charge < -0.3 is 5.73 Å². The Hall–Kier alpha value is -0.830. The number of aromatic nitrogens is 2. The first-order valence-electron chi connectivity index (χ1n) is 4.51. The molecular weight excluding hydrogens is 186 g/mol. The lowest BCUT2D eigenvalue weighted by atomic mass is 10.1. The molecule has 0 aliphatic rings. The zero-order valence-electron chi connectivity index (χ0n) is 7.76. The normalized spacial score (nSPS) is 10.3. The third-order valence-corrected chi connectivity index (χ3v) is 2.10. The van der Waals surface area contributed by atoms with E-state index >= 15 is 0 Å². The summed E-state index contributed by atoms with van der Waals surface area (Å²) >= 11 is 5.58. The van der Waals surface area contributed by atoms with Crippen LogP contribution in [0, 0.1) is 0 Å². The van der Waals surface area contributed by atoms with Gasteiger partial charge in [-0.2, -0.15) is 0 Å². The van der Waals surface area contributed by atoms with E-state index in [1.54, 1.807) is 6.20 Å². The molecule has 0 spiro atoms. The molecule has 0 bridgehead atoms. The summed E-state index contributed by atoms with van der Waals surface area (Å²) in [5.74, 6) is 0.510. The van der Waals surface area contributed by atoms with Crippen molar-refractivity contribution in [2.45, 2.75) is 32.6 Å². The van der Waals surface area contributed by atoms with Gasteiger partial charge in [-0.25, -0.2) is 9.97 Å². The van der Waals surface area contributed by atoms with Crippen molar-refractivity contribution in [3.63, 3.8) is 0 Å². The maximum Gasteiger partial charge on any atom is 0.224 e. The SMILES string of the molecule is CCCCCc1cnc(Cl)nc1N. The molecule has 0 radical (unpaired) electrons. The van der Waals surface area contributed by atoms with Gasteiger partial charge in [0, 0.05) is 11.8 Å². The lowest BCUT2D eigenvalue weighted by molar-refractivity contribution is 0.715. The summed E-state index contributed by atoms with van der Waals surface area (Å²) < 4.78 is 0. The number of nitrogens with two attached hydrogens (primary N) is 1. The maximum absolute atomic E-state index is 5.67. The number of hydrogen-bond acceptors (Lipinski definition) is 3. The van der Waals surface area contributed by atoms with Crippen molar-refractivity contribution in [2.24, 2.45) is 0 Å². The van der Waals surface area contributed by atoms with Gasteiger partial charge in [-0.3, -0.25) is 0 Å². The third-order valence-electron chi connectivity index (χ3n) is 1.92. The van der Waals surface area contributed by atoms with E-state index in [0.29, 0.717) is 5.82 Å². The van der Waals surface area contributed by atoms with E-state index in [2.05, 4.69) is 16.9 Å². The number of rotatable bonds is 4. The fourth-order valence-electron chi connectivity index (χ4n) is 1.16. The highest BCUT2D eigenvalue weighted by atomic mass is 35.5. The Bertz CT molecular complexity index is 276. The summed E-state index contributed by atoms with van der Waals surface area (Å²) in [6.07, 6.45) is 6.19. The molecule has 0 saturated carbocycles. The van der Waals surface area contributed by atoms with Crippen molar-refractivity contribution in [3.8, 4) is 0 Å². The van der Waals surface area contributed by atoms with E-state index in [1.807, 2.05) is 0 Å². The van der Waals surface area contributed by atoms with Gasteiger partial charge in [-0.15, -0.1) is 0 Å². The van der Waals surface area contributed by atoms with Gasteiger partial charge >= 0.3 is 0 Å². The van der Waals surface area contributed by atoms with Crippen molar-refractivity contribution in [3.05, 3.63) is 17.0 Å². The largest absolute Gasteiger partial charge is 0.383 e. The molecule has 0 fully saturated rings. The van der Waals surface area contributed by atoms with Crippen LogP contribution in [-0.2, 0) is 6.42 Å². The number of halogens is 1. The molecule has 1 heterocycles. The summed E-state index contributed by atoms with van der Waals surface area (Å²) in [6, 6.07) is 0. The standard InChI is InChI=1S/C9H14ClN3/c1-2-3-4-5-7-6-12-9(10)13-8(7)11/h6H,2-5H2,1H3,(H2,11,12,13). The molecule has 0 saturated heterocycles. The highest BCUT2D eigenvalue weighted by Gasteiger charge is 2.01. The second-order valence-corrected chi connectivity index (χ2v) is 3.34. The molecule has 13 heavy (non-hydrogen) atoms. The lowest BCUT2D eigenvalue weighted by Crippen LogP contribution is -1.99. The molecular formula is C9H14ClN3. The highest BCUT2D eigenvalue weighted by molar-refractivity contribution is 6.28. The fourth-order valence-corrected chi connectivity index (χ4v) is 1.30. The van der Waals surface area contributed by atoms with E-state index in [9.17, 15) is 0 Å². The average Bonchev–Trinajstić information content (AvgIpc) is 2.09. The van der Waals surface area contributed by atoms with E-state index in [-0.39, 0.29) is 5.28 Å². The van der Waals surface area contributed by atoms with Crippen LogP contribution in [0.4, 0.5) is 5.82 Å². The van der Waals surface area contributed by atoms with Crippen LogP contribution in [0.2, 0.25) is 5.28 Å². The maximum atomic E-state index is 5.67. The first kappa shape index (κ1) is 10.3. The average molecular weight is 200 g/mol. The van der Waals surface area contributed by atoms with Gasteiger partial charge in [0.05, 0.1) is 0 Å². The number of nitrogens with zero attached hydrogens (tertiary/aromatic N) is 2. The van der Waals surface area contributed by atoms with Crippen LogP contribution in [0.3, 0.4) is 0 Å². The van der Waals surface area contributed by atoms with Crippen molar-refractivity contribution >= 4 is 17.4 Å². The van der Waals surface area contributed by atoms with E-state index in [1.165, 1.54) is 12.8 Å². The van der Waals surface area contributed by atoms with Crippen LogP contribution < -0.4 is 5.73 Å². The molecule has 0 unspecified atom stereocenters. The first-order chi connectivity index (χ1) is 6.24. The molecule has 0 aliphatic heterocycles. The predicted molar refractivity (Wildman–Crippen MR) is 54.7 cm³/mol. The van der Waals surface area contributed by atoms with E-state index in [4.69, 9.17) is 17.3 Å². The first-order valence-corrected chi connectivity index (χ1v) is 4.88. The summed E-state index contributed by atoms with van der Waals surface area (Å²) in [4.78, 5) is 7.78. The van der Waals surface area contributed by atoms with Crippen LogP contribution in [0.15, 0.2) is 6.20 Å². The summed E-state index contributed by atoms with van der Waals surface area (Å²) in [6.45, 7) is 2.17. The van der Waals surface area contributed by atoms with Crippen LogP contribution in [0.1, 0.15) is 31.7 Å². The van der Waals surface area contributed by atoms with Crippen molar-refractivity contribution < 1.29 is 0 Å². The fraction of sp³-hybridized carbons (Fsp3) is 0.556. The van der Waals surface area contributed by atoms with Crippen molar-refractivity contribution in [1.82, 2.24) is 9.97 Å². The zero-order chi connectivity index (χ0) is 9.68. The number of nitrogen functional groups attached to an aromatic ring is 1. The van der Waals surface area contributed by atoms with Crippen LogP contribution >= 0.6 is 11.6 Å². The molecule has 0 amide bonds. The van der Waals surface area contributed by atoms with E-state index < -0.39 is 0 Å². The Balaban J connectivity index is 2.56. The minimum Gasteiger partial charge on any atom is -0.383 e. The molecule has 2 N–H and O–H groups in total. The van der Waals surface area contributed by atoms with Crippen LogP contribution in [-0.4, -0.2) is 9.97 Å². The summed E-state index contributed by atoms with van der Waals surface area (Å²) in [7, 11) is 0. The van der Waals surface area contributed by atoms with Gasteiger partial charge in [-0.1, -0.05) is 19.8 Å². The third kappa shape index (κ3) is 3.19. The molecule has 3 nitrogen and oxygen atoms in total. The van der Waals surface area contributed by atoms with Gasteiger partial charge in [-0.05, 0) is 24.4 Å². The number of hydrogen-bond donors (Lipinski definition) is 1. The number of anilines is 1. The van der Waals surface area contributed by atoms with Gasteiger partial charge in [0.15, 0.2) is 0 Å². The van der Waals surface area contributed by atoms with Crippen LogP contribution in [0.5, 0.6) is 0 Å². The smallest absolute Gasteiger partial charge is 0.224 e. The highest BCUT2D eigenvalue weighted by Crippen LogP contribution is 2.13. The Morgan fingerprint density at radius 3 is 2.85 bits per heavy atom. The molecule has 1 rings (SSSR count). The van der Waals surface area contributed by atoms with Gasteiger partial charge in [0.25, 0.3) is 0 Å². The Kier molecular flexibility index (Phi) is 3.96. The van der Waals surface area contributed by atoms with Crippen LogP contribution in [0.25, 0.3) is 0 Å². The predicted octanol–water partition coefficient (Wildman–Crippen LogP) is 2.44. The summed E-state index contributed by atoms with van der Waals surface area (Å²) in [5.41, 5.74) is 6.67. The Morgan fingerprint density at radius 2 is 2.23 bits per heavy atom. The minimum absolute atomic E-state index is 0.219. The Labute approximate surface area is 83.3 Å². The second-order valence-electron chi connectivity index (χ2n) is 3.01. The second kappa shape index (κ2) is 5.02. The van der Waals surface area contributed by atoms with Crippen molar-refractivity contribution in [2.75, 3.05) is 5.73 Å². The Morgan fingerprint density at radius 1 is 1.46 bits per heavy atom. The van der Waals surface area contributed by atoms with Gasteiger partial charge in [0.2, 0.25) is 5.28 Å².